The van der Waals surface area contributed by atoms with Gasteiger partial charge in [-0.1, -0.05) is 30.3 Å². The standard InChI is InChI=1S/C30H38N4O6/c1-21(32-27(36)19-34-12-14-39-15-13-34)26(35)18-24(16-23-8-10-31-11-9-23)29(38)33-25(28(37)30(2)20-40-30)17-22-6-4-3-5-7-22/h3-11,21,24-25H,12-20H2,1-2H3,(H,32,36)(H,33,38)/t21-,24+,25-,30+/m0/s1. The van der Waals surface area contributed by atoms with E-state index in [9.17, 15) is 19.2 Å². The predicted molar refractivity (Wildman–Crippen MR) is 147 cm³/mol. The summed E-state index contributed by atoms with van der Waals surface area (Å²) in [6.45, 7) is 6.33. The molecule has 0 aliphatic carbocycles. The number of nitrogens with zero attached hydrogens (tertiary/aromatic N) is 2. The third-order valence-corrected chi connectivity index (χ3v) is 7.40. The number of pyridine rings is 1. The fourth-order valence-corrected chi connectivity index (χ4v) is 4.78. The highest BCUT2D eigenvalue weighted by atomic mass is 16.6. The monoisotopic (exact) mass is 550 g/mol. The molecule has 2 N–H and O–H groups in total. The summed E-state index contributed by atoms with van der Waals surface area (Å²) in [4.78, 5) is 58.7. The number of ketones is 2. The summed E-state index contributed by atoms with van der Waals surface area (Å²) >= 11 is 0. The maximum atomic E-state index is 13.7. The van der Waals surface area contributed by atoms with E-state index in [2.05, 4.69) is 15.6 Å². The van der Waals surface area contributed by atoms with Gasteiger partial charge in [-0.2, -0.15) is 0 Å². The van der Waals surface area contributed by atoms with E-state index in [1.165, 1.54) is 0 Å². The van der Waals surface area contributed by atoms with Crippen molar-refractivity contribution in [2.45, 2.75) is 50.8 Å². The Bertz CT molecular complexity index is 1170. The summed E-state index contributed by atoms with van der Waals surface area (Å²) in [5.41, 5.74) is 0.835. The Kier molecular flexibility index (Phi) is 10.1. The van der Waals surface area contributed by atoms with Crippen LogP contribution in [-0.4, -0.2) is 90.4 Å². The number of rotatable bonds is 14. The molecular formula is C30H38N4O6. The molecule has 2 saturated heterocycles. The van der Waals surface area contributed by atoms with Crippen LogP contribution in [0.4, 0.5) is 0 Å². The molecular weight excluding hydrogens is 512 g/mol. The number of aromatic nitrogens is 1. The van der Waals surface area contributed by atoms with Crippen LogP contribution in [0.1, 0.15) is 31.4 Å². The van der Waals surface area contributed by atoms with Gasteiger partial charge in [0.2, 0.25) is 11.8 Å². The van der Waals surface area contributed by atoms with E-state index in [1.54, 1.807) is 38.4 Å². The van der Waals surface area contributed by atoms with Gasteiger partial charge in [0.25, 0.3) is 0 Å². The molecule has 1 aromatic carbocycles. The van der Waals surface area contributed by atoms with Crippen LogP contribution in [0, 0.1) is 5.92 Å². The van der Waals surface area contributed by atoms with Crippen LogP contribution < -0.4 is 10.6 Å². The third kappa shape index (κ3) is 8.51. The Morgan fingerprint density at radius 3 is 2.27 bits per heavy atom. The number of benzene rings is 1. The molecule has 1 aromatic heterocycles. The molecule has 40 heavy (non-hydrogen) atoms. The van der Waals surface area contributed by atoms with Crippen molar-refractivity contribution in [1.29, 1.82) is 0 Å². The zero-order valence-corrected chi connectivity index (χ0v) is 23.1. The van der Waals surface area contributed by atoms with Crippen LogP contribution >= 0.6 is 0 Å². The van der Waals surface area contributed by atoms with E-state index in [1.807, 2.05) is 35.2 Å². The molecule has 10 nitrogen and oxygen atoms in total. The second-order valence-corrected chi connectivity index (χ2v) is 10.7. The van der Waals surface area contributed by atoms with Crippen LogP contribution in [0.15, 0.2) is 54.9 Å². The van der Waals surface area contributed by atoms with Crippen molar-refractivity contribution in [2.24, 2.45) is 5.92 Å². The van der Waals surface area contributed by atoms with Crippen molar-refractivity contribution in [1.82, 2.24) is 20.5 Å². The highest BCUT2D eigenvalue weighted by molar-refractivity contribution is 5.98. The summed E-state index contributed by atoms with van der Waals surface area (Å²) in [5.74, 6) is -1.83. The van der Waals surface area contributed by atoms with E-state index in [0.717, 1.165) is 11.1 Å². The topological polar surface area (TPSA) is 130 Å². The molecule has 0 radical (unpaired) electrons. The van der Waals surface area contributed by atoms with Gasteiger partial charge in [-0.25, -0.2) is 0 Å². The first-order valence-electron chi connectivity index (χ1n) is 13.8. The van der Waals surface area contributed by atoms with Crippen LogP contribution in [0.2, 0.25) is 0 Å². The number of nitrogens with one attached hydrogen (secondary N) is 2. The van der Waals surface area contributed by atoms with E-state index in [0.29, 0.717) is 39.3 Å². The van der Waals surface area contributed by atoms with Crippen molar-refractivity contribution in [3.05, 3.63) is 66.0 Å². The minimum absolute atomic E-state index is 0.0901. The molecule has 4 atom stereocenters. The molecule has 2 fully saturated rings. The fourth-order valence-electron chi connectivity index (χ4n) is 4.78. The summed E-state index contributed by atoms with van der Waals surface area (Å²) < 4.78 is 10.7. The van der Waals surface area contributed by atoms with Crippen molar-refractivity contribution >= 4 is 23.4 Å². The molecule has 4 rings (SSSR count). The van der Waals surface area contributed by atoms with Gasteiger partial charge in [0.05, 0.1) is 38.4 Å². The smallest absolute Gasteiger partial charge is 0.234 e. The van der Waals surface area contributed by atoms with Gasteiger partial charge in [-0.15, -0.1) is 0 Å². The highest BCUT2D eigenvalue weighted by Crippen LogP contribution is 2.29. The first-order chi connectivity index (χ1) is 19.2. The predicted octanol–water partition coefficient (Wildman–Crippen LogP) is 1.12. The first kappa shape index (κ1) is 29.5. The van der Waals surface area contributed by atoms with Gasteiger partial charge in [0, 0.05) is 37.8 Å². The summed E-state index contributed by atoms with van der Waals surface area (Å²) in [7, 11) is 0. The molecule has 0 spiro atoms. The number of Topliss-reactive ketones (excluding diaryl/α,β-unsaturated/α-hetero) is 2. The van der Waals surface area contributed by atoms with Gasteiger partial charge in [-0.3, -0.25) is 29.1 Å². The zero-order chi connectivity index (χ0) is 28.5. The Labute approximate surface area is 234 Å². The minimum Gasteiger partial charge on any atom is -0.379 e. The average Bonchev–Trinajstić information content (AvgIpc) is 3.71. The van der Waals surface area contributed by atoms with E-state index < -0.39 is 29.5 Å². The Balaban J connectivity index is 1.44. The Morgan fingerprint density at radius 2 is 1.62 bits per heavy atom. The number of amides is 2. The number of hydrogen-bond acceptors (Lipinski definition) is 8. The number of epoxide rings is 1. The molecule has 0 saturated carbocycles. The molecule has 0 bridgehead atoms. The van der Waals surface area contributed by atoms with E-state index in [4.69, 9.17) is 9.47 Å². The molecule has 3 heterocycles. The van der Waals surface area contributed by atoms with Crippen molar-refractivity contribution < 1.29 is 28.7 Å². The van der Waals surface area contributed by atoms with Crippen molar-refractivity contribution in [3.8, 4) is 0 Å². The lowest BCUT2D eigenvalue weighted by Gasteiger charge is -2.27. The van der Waals surface area contributed by atoms with Gasteiger partial charge in [0.15, 0.2) is 11.6 Å². The Morgan fingerprint density at radius 1 is 0.975 bits per heavy atom. The number of hydrogen-bond donors (Lipinski definition) is 2. The van der Waals surface area contributed by atoms with Gasteiger partial charge >= 0.3 is 0 Å². The quantitative estimate of drug-likeness (QED) is 0.335. The molecule has 214 valence electrons. The molecule has 2 aromatic rings. The maximum absolute atomic E-state index is 13.7. The van der Waals surface area contributed by atoms with Crippen LogP contribution in [0.5, 0.6) is 0 Å². The average molecular weight is 551 g/mol. The summed E-state index contributed by atoms with van der Waals surface area (Å²) in [6, 6.07) is 11.5. The molecule has 2 amide bonds. The van der Waals surface area contributed by atoms with Crippen LogP contribution in [0.3, 0.4) is 0 Å². The van der Waals surface area contributed by atoms with Gasteiger partial charge in [-0.05, 0) is 49.9 Å². The summed E-state index contributed by atoms with van der Waals surface area (Å²) in [5, 5.41) is 5.70. The molecule has 10 heteroatoms. The van der Waals surface area contributed by atoms with E-state index >= 15 is 0 Å². The van der Waals surface area contributed by atoms with Gasteiger partial charge < -0.3 is 20.1 Å². The molecule has 2 aliphatic rings. The number of morpholine rings is 1. The second kappa shape index (κ2) is 13.7. The maximum Gasteiger partial charge on any atom is 0.234 e. The minimum atomic E-state index is -0.914. The van der Waals surface area contributed by atoms with Gasteiger partial charge in [0.1, 0.15) is 5.60 Å². The normalized spacial score (nSPS) is 21.1. The first-order valence-corrected chi connectivity index (χ1v) is 13.8. The third-order valence-electron chi connectivity index (χ3n) is 7.40. The van der Waals surface area contributed by atoms with Crippen LogP contribution in [0.25, 0.3) is 0 Å². The SMILES string of the molecule is C[C@H](NC(=O)CN1CCOCC1)C(=O)C[C@@H](Cc1ccncc1)C(=O)N[C@@H](Cc1ccccc1)C(=O)[C@@]1(C)CO1. The largest absolute Gasteiger partial charge is 0.379 e. The molecule has 2 aliphatic heterocycles. The van der Waals surface area contributed by atoms with Crippen LogP contribution in [-0.2, 0) is 41.5 Å². The van der Waals surface area contributed by atoms with E-state index in [-0.39, 0.29) is 36.9 Å². The lowest BCUT2D eigenvalue weighted by Crippen LogP contribution is -2.50. The Hall–Kier alpha value is -3.47. The number of carbonyl (C=O) groups excluding carboxylic acids is 4. The lowest BCUT2D eigenvalue weighted by molar-refractivity contribution is -0.134. The number of ether oxygens (including phenoxy) is 2. The fraction of sp³-hybridized carbons (Fsp3) is 0.500. The molecule has 0 unspecified atom stereocenters. The zero-order valence-electron chi connectivity index (χ0n) is 23.1. The number of carbonyl (C=O) groups is 4. The second-order valence-electron chi connectivity index (χ2n) is 10.7. The lowest BCUT2D eigenvalue weighted by atomic mass is 9.90. The highest BCUT2D eigenvalue weighted by Gasteiger charge is 2.50. The summed E-state index contributed by atoms with van der Waals surface area (Å²) in [6.07, 6.45) is 3.78. The van der Waals surface area contributed by atoms with Crippen molar-refractivity contribution in [2.75, 3.05) is 39.5 Å². The van der Waals surface area contributed by atoms with Crippen molar-refractivity contribution in [3.63, 3.8) is 0 Å².